The lowest BCUT2D eigenvalue weighted by molar-refractivity contribution is -0.137. The Morgan fingerprint density at radius 1 is 1.54 bits per heavy atom. The van der Waals surface area contributed by atoms with Crippen LogP contribution in [0.1, 0.15) is 39.0 Å². The minimum Gasteiger partial charge on any atom is -0.358 e. The second-order valence-electron chi connectivity index (χ2n) is 3.52. The molecule has 0 aromatic heterocycles. The third kappa shape index (κ3) is 3.35. The summed E-state index contributed by atoms with van der Waals surface area (Å²) in [6.07, 6.45) is 6.49. The highest BCUT2D eigenvalue weighted by Gasteiger charge is 2.19. The molecule has 0 N–H and O–H groups in total. The van der Waals surface area contributed by atoms with E-state index in [9.17, 15) is 4.79 Å². The molecule has 1 aliphatic rings. The third-order valence-electron chi connectivity index (χ3n) is 2.43. The van der Waals surface area contributed by atoms with Gasteiger partial charge in [0, 0.05) is 13.2 Å². The van der Waals surface area contributed by atoms with Gasteiger partial charge in [0.05, 0.1) is 0 Å². The summed E-state index contributed by atoms with van der Waals surface area (Å²) < 4.78 is 5.52. The molecule has 76 valence electrons. The molecule has 3 heteroatoms. The summed E-state index contributed by atoms with van der Waals surface area (Å²) in [5.74, 6) is 0. The normalized spacial score (nSPS) is 22.7. The molecule has 1 aliphatic heterocycles. The highest BCUT2D eigenvalue weighted by Crippen LogP contribution is 2.15. The van der Waals surface area contributed by atoms with Gasteiger partial charge in [-0.25, -0.2) is 0 Å². The summed E-state index contributed by atoms with van der Waals surface area (Å²) in [4.78, 5) is 12.6. The molecule has 13 heavy (non-hydrogen) atoms. The van der Waals surface area contributed by atoms with Crippen LogP contribution in [0.5, 0.6) is 0 Å². The van der Waals surface area contributed by atoms with Crippen LogP contribution in [0.3, 0.4) is 0 Å². The van der Waals surface area contributed by atoms with Crippen LogP contribution in [0, 0.1) is 0 Å². The molecule has 0 bridgehead atoms. The number of carbonyl (C=O) groups is 1. The van der Waals surface area contributed by atoms with E-state index in [-0.39, 0.29) is 6.23 Å². The van der Waals surface area contributed by atoms with Crippen molar-refractivity contribution in [1.29, 1.82) is 0 Å². The van der Waals surface area contributed by atoms with Gasteiger partial charge in [0.15, 0.2) is 0 Å². The zero-order chi connectivity index (χ0) is 9.52. The van der Waals surface area contributed by atoms with Crippen molar-refractivity contribution in [2.45, 2.75) is 45.3 Å². The SMILES string of the molecule is CCCCN(C=O)C1CCCCO1. The van der Waals surface area contributed by atoms with Crippen molar-refractivity contribution in [2.75, 3.05) is 13.2 Å². The molecule has 0 spiro atoms. The van der Waals surface area contributed by atoms with Gasteiger partial charge in [-0.2, -0.15) is 0 Å². The molecule has 1 atom stereocenters. The maximum Gasteiger partial charge on any atom is 0.211 e. The van der Waals surface area contributed by atoms with E-state index in [1.54, 1.807) is 4.90 Å². The molecule has 1 saturated heterocycles. The standard InChI is InChI=1S/C10H19NO2/c1-2-3-7-11(9-12)10-6-4-5-8-13-10/h9-10H,2-8H2,1H3. The van der Waals surface area contributed by atoms with Gasteiger partial charge >= 0.3 is 0 Å². The average molecular weight is 185 g/mol. The maximum absolute atomic E-state index is 10.8. The van der Waals surface area contributed by atoms with Crippen LogP contribution >= 0.6 is 0 Å². The van der Waals surface area contributed by atoms with Crippen molar-refractivity contribution < 1.29 is 9.53 Å². The Morgan fingerprint density at radius 2 is 2.38 bits per heavy atom. The van der Waals surface area contributed by atoms with Crippen molar-refractivity contribution in [3.05, 3.63) is 0 Å². The maximum atomic E-state index is 10.8. The zero-order valence-corrected chi connectivity index (χ0v) is 8.37. The Labute approximate surface area is 80.1 Å². The largest absolute Gasteiger partial charge is 0.358 e. The zero-order valence-electron chi connectivity index (χ0n) is 8.37. The Bertz CT molecular complexity index is 144. The monoisotopic (exact) mass is 185 g/mol. The lowest BCUT2D eigenvalue weighted by Gasteiger charge is -2.31. The fourth-order valence-electron chi connectivity index (χ4n) is 1.59. The van der Waals surface area contributed by atoms with Crippen molar-refractivity contribution in [1.82, 2.24) is 4.90 Å². The lowest BCUT2D eigenvalue weighted by Crippen LogP contribution is -2.39. The molecule has 0 saturated carbocycles. The second kappa shape index (κ2) is 5.97. The van der Waals surface area contributed by atoms with Crippen molar-refractivity contribution in [2.24, 2.45) is 0 Å². The van der Waals surface area contributed by atoms with Crippen LogP contribution in [0.2, 0.25) is 0 Å². The number of nitrogens with zero attached hydrogens (tertiary/aromatic N) is 1. The van der Waals surface area contributed by atoms with Crippen LogP contribution in [0.4, 0.5) is 0 Å². The quantitative estimate of drug-likeness (QED) is 0.611. The first-order valence-electron chi connectivity index (χ1n) is 5.21. The lowest BCUT2D eigenvalue weighted by atomic mass is 10.1. The summed E-state index contributed by atoms with van der Waals surface area (Å²) in [6, 6.07) is 0. The van der Waals surface area contributed by atoms with Crippen molar-refractivity contribution in [3.8, 4) is 0 Å². The van der Waals surface area contributed by atoms with Crippen molar-refractivity contribution in [3.63, 3.8) is 0 Å². The van der Waals surface area contributed by atoms with E-state index in [0.717, 1.165) is 45.2 Å². The first kappa shape index (κ1) is 10.5. The fourth-order valence-corrected chi connectivity index (χ4v) is 1.59. The molecule has 0 radical (unpaired) electrons. The van der Waals surface area contributed by atoms with Gasteiger partial charge < -0.3 is 9.64 Å². The van der Waals surface area contributed by atoms with Crippen LogP contribution in [0.15, 0.2) is 0 Å². The first-order chi connectivity index (χ1) is 6.38. The van der Waals surface area contributed by atoms with E-state index in [1.807, 2.05) is 0 Å². The number of ether oxygens (including phenoxy) is 1. The van der Waals surface area contributed by atoms with Gasteiger partial charge in [-0.15, -0.1) is 0 Å². The molecule has 0 aromatic carbocycles. The van der Waals surface area contributed by atoms with Crippen LogP contribution < -0.4 is 0 Å². The van der Waals surface area contributed by atoms with E-state index >= 15 is 0 Å². The van der Waals surface area contributed by atoms with Crippen molar-refractivity contribution >= 4 is 6.41 Å². The highest BCUT2D eigenvalue weighted by molar-refractivity contribution is 5.47. The van der Waals surface area contributed by atoms with Crippen LogP contribution in [-0.2, 0) is 9.53 Å². The Kier molecular flexibility index (Phi) is 4.83. The van der Waals surface area contributed by atoms with E-state index < -0.39 is 0 Å². The van der Waals surface area contributed by atoms with Gasteiger partial charge in [-0.05, 0) is 25.7 Å². The molecular formula is C10H19NO2. The number of carbonyl (C=O) groups excluding carboxylic acids is 1. The first-order valence-corrected chi connectivity index (χ1v) is 5.21. The molecule has 1 rings (SSSR count). The summed E-state index contributed by atoms with van der Waals surface area (Å²) in [7, 11) is 0. The minimum atomic E-state index is 0.0535. The number of hydrogen-bond donors (Lipinski definition) is 0. The molecule has 1 amide bonds. The predicted molar refractivity (Wildman–Crippen MR) is 51.3 cm³/mol. The van der Waals surface area contributed by atoms with E-state index in [1.165, 1.54) is 6.42 Å². The third-order valence-corrected chi connectivity index (χ3v) is 2.43. The second-order valence-corrected chi connectivity index (χ2v) is 3.52. The summed E-state index contributed by atoms with van der Waals surface area (Å²) in [6.45, 7) is 3.77. The molecule has 1 fully saturated rings. The number of hydrogen-bond acceptors (Lipinski definition) is 2. The molecule has 3 nitrogen and oxygen atoms in total. The number of amides is 1. The van der Waals surface area contributed by atoms with Gasteiger partial charge in [-0.3, -0.25) is 4.79 Å². The van der Waals surface area contributed by atoms with Crippen LogP contribution in [-0.4, -0.2) is 30.7 Å². The highest BCUT2D eigenvalue weighted by atomic mass is 16.5. The average Bonchev–Trinajstić information content (AvgIpc) is 2.21. The van der Waals surface area contributed by atoms with E-state index in [2.05, 4.69) is 6.92 Å². The summed E-state index contributed by atoms with van der Waals surface area (Å²) in [5, 5.41) is 0. The van der Waals surface area contributed by atoms with E-state index in [0.29, 0.717) is 0 Å². The molecule has 1 heterocycles. The summed E-state index contributed by atoms with van der Waals surface area (Å²) in [5.41, 5.74) is 0. The predicted octanol–water partition coefficient (Wildman–Crippen LogP) is 1.77. The Balaban J connectivity index is 2.30. The molecule has 0 aliphatic carbocycles. The van der Waals surface area contributed by atoms with E-state index in [4.69, 9.17) is 4.74 Å². The van der Waals surface area contributed by atoms with Crippen LogP contribution in [0.25, 0.3) is 0 Å². The molecule has 1 unspecified atom stereocenters. The number of unbranched alkanes of at least 4 members (excludes halogenated alkanes) is 1. The van der Waals surface area contributed by atoms with Gasteiger partial charge in [-0.1, -0.05) is 13.3 Å². The molecular weight excluding hydrogens is 166 g/mol. The van der Waals surface area contributed by atoms with Gasteiger partial charge in [0.25, 0.3) is 0 Å². The number of rotatable bonds is 5. The minimum absolute atomic E-state index is 0.0535. The van der Waals surface area contributed by atoms with Gasteiger partial charge in [0.1, 0.15) is 6.23 Å². The Morgan fingerprint density at radius 3 is 2.92 bits per heavy atom. The topological polar surface area (TPSA) is 29.5 Å². The summed E-state index contributed by atoms with van der Waals surface area (Å²) >= 11 is 0. The van der Waals surface area contributed by atoms with Gasteiger partial charge in [0.2, 0.25) is 6.41 Å². The Hall–Kier alpha value is -0.570. The fraction of sp³-hybridized carbons (Fsp3) is 0.900. The molecule has 0 aromatic rings. The smallest absolute Gasteiger partial charge is 0.211 e.